The molecule has 0 fully saturated rings. The van der Waals surface area contributed by atoms with E-state index in [1.54, 1.807) is 6.20 Å². The number of nitrogens with zero attached hydrogens (tertiary/aromatic N) is 2. The highest BCUT2D eigenvalue weighted by Gasteiger charge is 2.00. The van der Waals surface area contributed by atoms with Crippen molar-refractivity contribution in [3.8, 4) is 11.4 Å². The maximum absolute atomic E-state index is 4.32. The molecule has 82 valence electrons. The molecule has 0 atom stereocenters. The minimum Gasteiger partial charge on any atom is -0.385 e. The zero-order chi connectivity index (χ0) is 11.2. The first-order valence-corrected chi connectivity index (χ1v) is 5.51. The Morgan fingerprint density at radius 1 is 1.06 bits per heavy atom. The highest BCUT2D eigenvalue weighted by molar-refractivity contribution is 5.60. The van der Waals surface area contributed by atoms with Gasteiger partial charge in [0.2, 0.25) is 0 Å². The van der Waals surface area contributed by atoms with E-state index >= 15 is 0 Å². The largest absolute Gasteiger partial charge is 0.385 e. The van der Waals surface area contributed by atoms with Gasteiger partial charge in [0, 0.05) is 24.6 Å². The van der Waals surface area contributed by atoms with Gasteiger partial charge in [-0.25, -0.2) is 0 Å². The molecule has 0 aromatic carbocycles. The summed E-state index contributed by atoms with van der Waals surface area (Å²) in [4.78, 5) is 8.60. The Morgan fingerprint density at radius 2 is 1.94 bits per heavy atom. The molecule has 3 nitrogen and oxygen atoms in total. The second-order valence-electron chi connectivity index (χ2n) is 3.57. The summed E-state index contributed by atoms with van der Waals surface area (Å²) in [7, 11) is 0. The van der Waals surface area contributed by atoms with Gasteiger partial charge in [0.1, 0.15) is 0 Å². The molecule has 0 saturated carbocycles. The van der Waals surface area contributed by atoms with Crippen LogP contribution >= 0.6 is 0 Å². The fourth-order valence-electron chi connectivity index (χ4n) is 1.46. The zero-order valence-corrected chi connectivity index (χ0v) is 9.35. The van der Waals surface area contributed by atoms with Crippen LogP contribution in [0, 0.1) is 0 Å². The van der Waals surface area contributed by atoms with Crippen molar-refractivity contribution in [2.24, 2.45) is 0 Å². The molecule has 0 spiro atoms. The fraction of sp³-hybridized carbons (Fsp3) is 0.231. The van der Waals surface area contributed by atoms with E-state index in [1.807, 2.05) is 36.5 Å². The van der Waals surface area contributed by atoms with Crippen molar-refractivity contribution in [2.45, 2.75) is 13.3 Å². The van der Waals surface area contributed by atoms with Crippen molar-refractivity contribution < 1.29 is 0 Å². The first-order valence-electron chi connectivity index (χ1n) is 5.51. The number of aromatic nitrogens is 2. The lowest BCUT2D eigenvalue weighted by Crippen LogP contribution is -2.00. The average molecular weight is 213 g/mol. The highest BCUT2D eigenvalue weighted by atomic mass is 14.9. The Bertz CT molecular complexity index is 440. The van der Waals surface area contributed by atoms with Crippen LogP contribution in [0.1, 0.15) is 13.3 Å². The summed E-state index contributed by atoms with van der Waals surface area (Å²) in [5, 5.41) is 3.34. The molecule has 0 bridgehead atoms. The van der Waals surface area contributed by atoms with E-state index in [1.165, 1.54) is 0 Å². The topological polar surface area (TPSA) is 37.8 Å². The number of nitrogens with one attached hydrogen (secondary N) is 1. The highest BCUT2D eigenvalue weighted by Crippen LogP contribution is 2.17. The number of anilines is 1. The van der Waals surface area contributed by atoms with Crippen LogP contribution in [-0.4, -0.2) is 16.5 Å². The van der Waals surface area contributed by atoms with Gasteiger partial charge in [0.25, 0.3) is 0 Å². The van der Waals surface area contributed by atoms with Crippen LogP contribution < -0.4 is 5.32 Å². The summed E-state index contributed by atoms with van der Waals surface area (Å²) in [6.45, 7) is 3.12. The van der Waals surface area contributed by atoms with Gasteiger partial charge in [0.15, 0.2) is 0 Å². The Morgan fingerprint density at radius 3 is 2.69 bits per heavy atom. The van der Waals surface area contributed by atoms with Gasteiger partial charge in [-0.3, -0.25) is 9.97 Å². The predicted molar refractivity (Wildman–Crippen MR) is 66.2 cm³/mol. The fourth-order valence-corrected chi connectivity index (χ4v) is 1.46. The summed E-state index contributed by atoms with van der Waals surface area (Å²) in [6, 6.07) is 9.84. The first kappa shape index (κ1) is 10.6. The Kier molecular flexibility index (Phi) is 3.49. The second-order valence-corrected chi connectivity index (χ2v) is 3.57. The molecule has 0 unspecified atom stereocenters. The van der Waals surface area contributed by atoms with E-state index in [-0.39, 0.29) is 0 Å². The van der Waals surface area contributed by atoms with Gasteiger partial charge in [-0.2, -0.15) is 0 Å². The minimum absolute atomic E-state index is 0.904. The number of hydrogen-bond acceptors (Lipinski definition) is 3. The van der Waals surface area contributed by atoms with E-state index < -0.39 is 0 Å². The smallest absolute Gasteiger partial charge is 0.0906 e. The molecule has 0 saturated heterocycles. The Hall–Kier alpha value is -1.90. The molecule has 2 aromatic rings. The summed E-state index contributed by atoms with van der Waals surface area (Å²) in [5.74, 6) is 0. The quantitative estimate of drug-likeness (QED) is 0.848. The van der Waals surface area contributed by atoms with Crippen molar-refractivity contribution in [1.29, 1.82) is 0 Å². The lowest BCUT2D eigenvalue weighted by atomic mass is 10.2. The third-order valence-corrected chi connectivity index (χ3v) is 2.27. The maximum Gasteiger partial charge on any atom is 0.0906 e. The van der Waals surface area contributed by atoms with Crippen LogP contribution in [0.15, 0.2) is 42.7 Å². The van der Waals surface area contributed by atoms with E-state index in [0.717, 1.165) is 30.0 Å². The molecule has 2 heterocycles. The van der Waals surface area contributed by atoms with Crippen LogP contribution in [-0.2, 0) is 0 Å². The molecule has 16 heavy (non-hydrogen) atoms. The molecule has 0 aliphatic rings. The second kappa shape index (κ2) is 5.26. The summed E-state index contributed by atoms with van der Waals surface area (Å²) < 4.78 is 0. The molecule has 2 rings (SSSR count). The van der Waals surface area contributed by atoms with Crippen LogP contribution in [0.25, 0.3) is 11.4 Å². The number of hydrogen-bond donors (Lipinski definition) is 1. The van der Waals surface area contributed by atoms with Crippen molar-refractivity contribution in [3.63, 3.8) is 0 Å². The average Bonchev–Trinajstić information content (AvgIpc) is 2.38. The lowest BCUT2D eigenvalue weighted by Gasteiger charge is -2.06. The molecule has 1 N–H and O–H groups in total. The van der Waals surface area contributed by atoms with E-state index in [4.69, 9.17) is 0 Å². The molecule has 3 heteroatoms. The van der Waals surface area contributed by atoms with E-state index in [2.05, 4.69) is 22.2 Å². The van der Waals surface area contributed by atoms with Crippen LogP contribution in [0.3, 0.4) is 0 Å². The minimum atomic E-state index is 0.904. The lowest BCUT2D eigenvalue weighted by molar-refractivity contribution is 0.979. The third-order valence-electron chi connectivity index (χ3n) is 2.27. The SMILES string of the molecule is CCCNc1ccnc(-c2ccccn2)c1. The molecule has 0 amide bonds. The Labute approximate surface area is 95.6 Å². The monoisotopic (exact) mass is 213 g/mol. The van der Waals surface area contributed by atoms with Gasteiger partial charge < -0.3 is 5.32 Å². The van der Waals surface area contributed by atoms with Gasteiger partial charge in [-0.1, -0.05) is 13.0 Å². The summed E-state index contributed by atoms with van der Waals surface area (Å²) in [5.41, 5.74) is 2.90. The maximum atomic E-state index is 4.32. The predicted octanol–water partition coefficient (Wildman–Crippen LogP) is 2.97. The molecular weight excluding hydrogens is 198 g/mol. The van der Waals surface area contributed by atoms with Gasteiger partial charge in [0.05, 0.1) is 11.4 Å². The van der Waals surface area contributed by atoms with Crippen LogP contribution in [0.5, 0.6) is 0 Å². The molecule has 0 radical (unpaired) electrons. The van der Waals surface area contributed by atoms with Crippen molar-refractivity contribution in [3.05, 3.63) is 42.7 Å². The summed E-state index contributed by atoms with van der Waals surface area (Å²) in [6.07, 6.45) is 4.70. The van der Waals surface area contributed by atoms with Crippen molar-refractivity contribution in [2.75, 3.05) is 11.9 Å². The molecule has 0 aliphatic carbocycles. The van der Waals surface area contributed by atoms with Crippen molar-refractivity contribution in [1.82, 2.24) is 9.97 Å². The van der Waals surface area contributed by atoms with Gasteiger partial charge >= 0.3 is 0 Å². The normalized spacial score (nSPS) is 10.1. The molecule has 2 aromatic heterocycles. The van der Waals surface area contributed by atoms with Gasteiger partial charge in [-0.05, 0) is 30.7 Å². The number of pyridine rings is 2. The van der Waals surface area contributed by atoms with Crippen LogP contribution in [0.4, 0.5) is 5.69 Å². The van der Waals surface area contributed by atoms with Crippen LogP contribution in [0.2, 0.25) is 0 Å². The van der Waals surface area contributed by atoms with Gasteiger partial charge in [-0.15, -0.1) is 0 Å². The van der Waals surface area contributed by atoms with E-state index in [0.29, 0.717) is 0 Å². The number of rotatable bonds is 4. The zero-order valence-electron chi connectivity index (χ0n) is 9.35. The molecular formula is C13H15N3. The Balaban J connectivity index is 2.22. The van der Waals surface area contributed by atoms with E-state index in [9.17, 15) is 0 Å². The standard InChI is InChI=1S/C13H15N3/c1-2-7-14-11-6-9-16-13(10-11)12-5-3-4-8-15-12/h3-6,8-10H,2,7H2,1H3,(H,14,16). The third kappa shape index (κ3) is 2.57. The van der Waals surface area contributed by atoms with Crippen molar-refractivity contribution >= 4 is 5.69 Å². The molecule has 0 aliphatic heterocycles. The summed E-state index contributed by atoms with van der Waals surface area (Å²) >= 11 is 0. The first-order chi connectivity index (χ1) is 7.90.